The maximum absolute atomic E-state index is 9.58. The lowest BCUT2D eigenvalue weighted by Gasteiger charge is -2.09. The summed E-state index contributed by atoms with van der Waals surface area (Å²) in [5.41, 5.74) is 0. The van der Waals surface area contributed by atoms with Crippen LogP contribution in [0.3, 0.4) is 0 Å². The van der Waals surface area contributed by atoms with Crippen LogP contribution in [-0.2, 0) is 6.54 Å². The number of aliphatic hydroxyl groups excluding tert-OH is 1. The van der Waals surface area contributed by atoms with Gasteiger partial charge in [0.05, 0.1) is 12.4 Å². The molecule has 0 amide bonds. The minimum Gasteiger partial charge on any atom is -0.393 e. The first kappa shape index (κ1) is 12.6. The number of hydrogen-bond donors (Lipinski definition) is 2. The minimum atomic E-state index is -0.139. The number of imidazole rings is 1. The summed E-state index contributed by atoms with van der Waals surface area (Å²) in [5, 5.41) is 9.58. The summed E-state index contributed by atoms with van der Waals surface area (Å²) >= 11 is 4.12. The number of thiol groups is 1. The van der Waals surface area contributed by atoms with Gasteiger partial charge in [-0.3, -0.25) is 0 Å². The first-order valence-corrected chi connectivity index (χ1v) is 6.21. The van der Waals surface area contributed by atoms with E-state index in [9.17, 15) is 5.11 Å². The van der Waals surface area contributed by atoms with Crippen LogP contribution in [0, 0.1) is 0 Å². The van der Waals surface area contributed by atoms with Crippen molar-refractivity contribution in [2.75, 3.05) is 5.75 Å². The van der Waals surface area contributed by atoms with Gasteiger partial charge in [-0.2, -0.15) is 12.6 Å². The predicted octanol–water partition coefficient (Wildman–Crippen LogP) is 2.12. The molecule has 1 heterocycles. The van der Waals surface area contributed by atoms with Gasteiger partial charge < -0.3 is 9.67 Å². The molecule has 0 aliphatic heterocycles. The SMILES string of the molecule is O[C@@H](CCCS)CCCCn1ccnc1. The van der Waals surface area contributed by atoms with E-state index in [2.05, 4.69) is 22.2 Å². The topological polar surface area (TPSA) is 38.0 Å². The van der Waals surface area contributed by atoms with Gasteiger partial charge in [0.15, 0.2) is 0 Å². The van der Waals surface area contributed by atoms with Gasteiger partial charge in [-0.25, -0.2) is 4.98 Å². The van der Waals surface area contributed by atoms with E-state index in [1.165, 1.54) is 0 Å². The van der Waals surface area contributed by atoms with Crippen LogP contribution in [0.2, 0.25) is 0 Å². The van der Waals surface area contributed by atoms with E-state index in [-0.39, 0.29) is 6.10 Å². The fraction of sp³-hybridized carbons (Fsp3) is 0.727. The molecule has 0 saturated carbocycles. The van der Waals surface area contributed by atoms with E-state index >= 15 is 0 Å². The molecule has 15 heavy (non-hydrogen) atoms. The molecule has 1 atom stereocenters. The predicted molar refractivity (Wildman–Crippen MR) is 65.2 cm³/mol. The second kappa shape index (κ2) is 7.77. The number of hydrogen-bond acceptors (Lipinski definition) is 3. The van der Waals surface area contributed by atoms with Crippen molar-refractivity contribution in [2.24, 2.45) is 0 Å². The highest BCUT2D eigenvalue weighted by molar-refractivity contribution is 7.80. The van der Waals surface area contributed by atoms with Crippen molar-refractivity contribution in [2.45, 2.75) is 44.8 Å². The zero-order chi connectivity index (χ0) is 10.9. The van der Waals surface area contributed by atoms with Gasteiger partial charge in [0.2, 0.25) is 0 Å². The molecular formula is C11H20N2OS. The Morgan fingerprint density at radius 2 is 2.07 bits per heavy atom. The Hall–Kier alpha value is -0.480. The Morgan fingerprint density at radius 1 is 1.27 bits per heavy atom. The third-order valence-corrected chi connectivity index (χ3v) is 2.77. The van der Waals surface area contributed by atoms with E-state index in [0.29, 0.717) is 0 Å². The summed E-state index contributed by atoms with van der Waals surface area (Å²) < 4.78 is 2.07. The average Bonchev–Trinajstić information content (AvgIpc) is 2.74. The molecule has 0 saturated heterocycles. The second-order valence-electron chi connectivity index (χ2n) is 3.82. The number of unbranched alkanes of at least 4 members (excludes halogenated alkanes) is 1. The molecule has 86 valence electrons. The third-order valence-electron chi connectivity index (χ3n) is 2.46. The molecule has 0 unspecified atom stereocenters. The van der Waals surface area contributed by atoms with Crippen molar-refractivity contribution in [1.29, 1.82) is 0 Å². The Balaban J connectivity index is 1.97. The van der Waals surface area contributed by atoms with E-state index in [4.69, 9.17) is 0 Å². The molecule has 4 heteroatoms. The van der Waals surface area contributed by atoms with Gasteiger partial charge in [0.25, 0.3) is 0 Å². The van der Waals surface area contributed by atoms with Gasteiger partial charge in [-0.05, 0) is 37.9 Å². The Bertz CT molecular complexity index is 239. The lowest BCUT2D eigenvalue weighted by Crippen LogP contribution is -2.07. The molecule has 0 aromatic carbocycles. The Morgan fingerprint density at radius 3 is 2.73 bits per heavy atom. The smallest absolute Gasteiger partial charge is 0.0945 e. The van der Waals surface area contributed by atoms with Gasteiger partial charge in [-0.1, -0.05) is 0 Å². The average molecular weight is 228 g/mol. The number of rotatable bonds is 8. The van der Waals surface area contributed by atoms with Crippen molar-refractivity contribution < 1.29 is 5.11 Å². The van der Waals surface area contributed by atoms with Crippen LogP contribution in [-0.4, -0.2) is 26.5 Å². The molecule has 3 nitrogen and oxygen atoms in total. The number of aromatic nitrogens is 2. The van der Waals surface area contributed by atoms with Crippen LogP contribution >= 0.6 is 12.6 Å². The van der Waals surface area contributed by atoms with E-state index in [0.717, 1.165) is 44.4 Å². The fourth-order valence-electron chi connectivity index (χ4n) is 1.56. The second-order valence-corrected chi connectivity index (χ2v) is 4.26. The maximum Gasteiger partial charge on any atom is 0.0945 e. The molecular weight excluding hydrogens is 208 g/mol. The van der Waals surface area contributed by atoms with E-state index < -0.39 is 0 Å². The standard InChI is InChI=1S/C11H20N2OS/c14-11(5-3-9-15)4-1-2-7-13-8-6-12-10-13/h6,8,10-11,14-15H,1-5,7,9H2/t11-/m1/s1. The van der Waals surface area contributed by atoms with Crippen molar-refractivity contribution in [1.82, 2.24) is 9.55 Å². The lowest BCUT2D eigenvalue weighted by molar-refractivity contribution is 0.150. The normalized spacial score (nSPS) is 12.9. The summed E-state index contributed by atoms with van der Waals surface area (Å²) in [4.78, 5) is 3.98. The Kier molecular flexibility index (Phi) is 6.52. The minimum absolute atomic E-state index is 0.139. The summed E-state index contributed by atoms with van der Waals surface area (Å²) in [6.07, 6.45) is 10.4. The van der Waals surface area contributed by atoms with Crippen LogP contribution in [0.1, 0.15) is 32.1 Å². The molecule has 1 N–H and O–H groups in total. The van der Waals surface area contributed by atoms with Gasteiger partial charge in [0, 0.05) is 18.9 Å². The molecule has 0 aliphatic rings. The number of aryl methyl sites for hydroxylation is 1. The quantitative estimate of drug-likeness (QED) is 0.528. The highest BCUT2D eigenvalue weighted by Gasteiger charge is 2.02. The van der Waals surface area contributed by atoms with E-state index in [1.807, 2.05) is 12.5 Å². The molecule has 0 fully saturated rings. The van der Waals surface area contributed by atoms with Crippen molar-refractivity contribution in [3.63, 3.8) is 0 Å². The Labute approximate surface area is 96.9 Å². The first-order valence-electron chi connectivity index (χ1n) is 5.57. The highest BCUT2D eigenvalue weighted by atomic mass is 32.1. The van der Waals surface area contributed by atoms with Crippen LogP contribution in [0.25, 0.3) is 0 Å². The van der Waals surface area contributed by atoms with Crippen LogP contribution in [0.15, 0.2) is 18.7 Å². The zero-order valence-corrected chi connectivity index (χ0v) is 9.94. The highest BCUT2D eigenvalue weighted by Crippen LogP contribution is 2.08. The molecule has 0 aliphatic carbocycles. The molecule has 0 spiro atoms. The zero-order valence-electron chi connectivity index (χ0n) is 9.05. The monoisotopic (exact) mass is 228 g/mol. The third kappa shape index (κ3) is 5.85. The van der Waals surface area contributed by atoms with Crippen molar-refractivity contribution >= 4 is 12.6 Å². The van der Waals surface area contributed by atoms with Crippen LogP contribution < -0.4 is 0 Å². The lowest BCUT2D eigenvalue weighted by atomic mass is 10.1. The van der Waals surface area contributed by atoms with Gasteiger partial charge in [0.1, 0.15) is 0 Å². The van der Waals surface area contributed by atoms with Gasteiger partial charge in [-0.15, -0.1) is 0 Å². The fourth-order valence-corrected chi connectivity index (χ4v) is 1.75. The summed E-state index contributed by atoms with van der Waals surface area (Å²) in [7, 11) is 0. The molecule has 1 aromatic heterocycles. The molecule has 0 radical (unpaired) electrons. The van der Waals surface area contributed by atoms with Crippen LogP contribution in [0.4, 0.5) is 0 Å². The maximum atomic E-state index is 9.58. The largest absolute Gasteiger partial charge is 0.393 e. The van der Waals surface area contributed by atoms with Crippen molar-refractivity contribution in [3.05, 3.63) is 18.7 Å². The summed E-state index contributed by atoms with van der Waals surface area (Å²) in [6, 6.07) is 0. The molecule has 1 rings (SSSR count). The summed E-state index contributed by atoms with van der Waals surface area (Å²) in [6.45, 7) is 0.999. The number of nitrogens with zero attached hydrogens (tertiary/aromatic N) is 2. The van der Waals surface area contributed by atoms with Gasteiger partial charge >= 0.3 is 0 Å². The van der Waals surface area contributed by atoms with E-state index in [1.54, 1.807) is 6.20 Å². The molecule has 0 bridgehead atoms. The van der Waals surface area contributed by atoms with Crippen molar-refractivity contribution in [3.8, 4) is 0 Å². The first-order chi connectivity index (χ1) is 7.33. The van der Waals surface area contributed by atoms with Crippen LogP contribution in [0.5, 0.6) is 0 Å². The summed E-state index contributed by atoms with van der Waals surface area (Å²) in [5.74, 6) is 0.867. The number of aliphatic hydroxyl groups is 1. The molecule has 1 aromatic rings.